The maximum Gasteiger partial charge on any atom is 0.335 e. The molecule has 0 saturated carbocycles. The van der Waals surface area contributed by atoms with Crippen molar-refractivity contribution in [3.8, 4) is 0 Å². The molecule has 0 aliphatic heterocycles. The number of carboxylic acids is 1. The van der Waals surface area contributed by atoms with E-state index < -0.39 is 5.97 Å². The average Bonchev–Trinajstić information content (AvgIpc) is 2.48. The second kappa shape index (κ2) is 4.93. The third-order valence-corrected chi connectivity index (χ3v) is 2.79. The zero-order valence-electron chi connectivity index (χ0n) is 10.3. The van der Waals surface area contributed by atoms with Crippen LogP contribution in [-0.4, -0.2) is 26.0 Å². The SMILES string of the molecule is O=C(O)c1cc(Nc2cncnc2)c2ncccc2c1. The lowest BCUT2D eigenvalue weighted by molar-refractivity contribution is 0.0697. The first kappa shape index (κ1) is 12.0. The van der Waals surface area contributed by atoms with Crippen LogP contribution in [0, 0.1) is 0 Å². The van der Waals surface area contributed by atoms with Crippen LogP contribution in [0.5, 0.6) is 0 Å². The number of aromatic nitrogens is 3. The molecule has 20 heavy (non-hydrogen) atoms. The number of hydrogen-bond acceptors (Lipinski definition) is 5. The van der Waals surface area contributed by atoms with E-state index in [-0.39, 0.29) is 5.56 Å². The Hall–Kier alpha value is -3.02. The minimum absolute atomic E-state index is 0.199. The zero-order valence-corrected chi connectivity index (χ0v) is 10.3. The summed E-state index contributed by atoms with van der Waals surface area (Å²) in [5, 5.41) is 13.0. The molecule has 6 heteroatoms. The summed E-state index contributed by atoms with van der Waals surface area (Å²) < 4.78 is 0. The third-order valence-electron chi connectivity index (χ3n) is 2.79. The van der Waals surface area contributed by atoms with E-state index in [0.29, 0.717) is 16.9 Å². The number of aromatic carboxylic acids is 1. The summed E-state index contributed by atoms with van der Waals surface area (Å²) in [6.45, 7) is 0. The Morgan fingerprint density at radius 3 is 2.75 bits per heavy atom. The van der Waals surface area contributed by atoms with Gasteiger partial charge >= 0.3 is 5.97 Å². The maximum atomic E-state index is 11.2. The summed E-state index contributed by atoms with van der Waals surface area (Å²) in [4.78, 5) is 23.3. The standard InChI is InChI=1S/C14H10N4O2/c19-14(20)10-4-9-2-1-3-17-13(9)12(5-10)18-11-6-15-8-16-7-11/h1-8,18H,(H,19,20). The second-order valence-corrected chi connectivity index (χ2v) is 4.16. The third kappa shape index (κ3) is 2.26. The molecule has 2 aromatic heterocycles. The molecule has 0 aliphatic carbocycles. The van der Waals surface area contributed by atoms with Crippen molar-refractivity contribution in [2.75, 3.05) is 5.32 Å². The molecule has 0 atom stereocenters. The van der Waals surface area contributed by atoms with Gasteiger partial charge in [0.1, 0.15) is 6.33 Å². The molecule has 6 nitrogen and oxygen atoms in total. The summed E-state index contributed by atoms with van der Waals surface area (Å²) in [5.74, 6) is -0.983. The van der Waals surface area contributed by atoms with Crippen LogP contribution in [0.1, 0.15) is 10.4 Å². The molecule has 3 aromatic rings. The number of nitrogens with zero attached hydrogens (tertiary/aromatic N) is 3. The Labute approximate surface area is 114 Å². The molecule has 0 aliphatic rings. The quantitative estimate of drug-likeness (QED) is 0.757. The lowest BCUT2D eigenvalue weighted by atomic mass is 10.1. The molecule has 0 amide bonds. The number of benzene rings is 1. The molecule has 0 radical (unpaired) electrons. The van der Waals surface area contributed by atoms with Crippen molar-refractivity contribution < 1.29 is 9.90 Å². The van der Waals surface area contributed by atoms with Gasteiger partial charge in [-0.15, -0.1) is 0 Å². The first-order valence-electron chi connectivity index (χ1n) is 5.88. The van der Waals surface area contributed by atoms with Crippen molar-refractivity contribution in [1.82, 2.24) is 15.0 Å². The molecular weight excluding hydrogens is 256 g/mol. The summed E-state index contributed by atoms with van der Waals surface area (Å²) in [6, 6.07) is 6.73. The Morgan fingerprint density at radius 1 is 1.20 bits per heavy atom. The molecule has 1 aromatic carbocycles. The van der Waals surface area contributed by atoms with Gasteiger partial charge in [-0.1, -0.05) is 6.07 Å². The topological polar surface area (TPSA) is 88.0 Å². The molecule has 0 spiro atoms. The Morgan fingerprint density at radius 2 is 2.00 bits per heavy atom. The van der Waals surface area contributed by atoms with E-state index in [9.17, 15) is 4.79 Å². The number of carbonyl (C=O) groups is 1. The van der Waals surface area contributed by atoms with Crippen LogP contribution in [0.2, 0.25) is 0 Å². The molecule has 3 rings (SSSR count). The van der Waals surface area contributed by atoms with Crippen LogP contribution in [-0.2, 0) is 0 Å². The van der Waals surface area contributed by atoms with E-state index >= 15 is 0 Å². The van der Waals surface area contributed by atoms with Gasteiger partial charge in [-0.3, -0.25) is 4.98 Å². The molecule has 0 saturated heterocycles. The highest BCUT2D eigenvalue weighted by Gasteiger charge is 2.10. The molecule has 0 bridgehead atoms. The van der Waals surface area contributed by atoms with Gasteiger partial charge in [-0.05, 0) is 18.2 Å². The van der Waals surface area contributed by atoms with Crippen LogP contribution in [0.25, 0.3) is 10.9 Å². The van der Waals surface area contributed by atoms with Gasteiger partial charge < -0.3 is 10.4 Å². The predicted octanol–water partition coefficient (Wildman–Crippen LogP) is 2.47. The van der Waals surface area contributed by atoms with Crippen molar-refractivity contribution in [1.29, 1.82) is 0 Å². The number of nitrogens with one attached hydrogen (secondary N) is 1. The van der Waals surface area contributed by atoms with Gasteiger partial charge in [-0.25, -0.2) is 14.8 Å². The summed E-state index contributed by atoms with van der Waals surface area (Å²) in [5.41, 5.74) is 2.17. The number of hydrogen-bond donors (Lipinski definition) is 2. The van der Waals surface area contributed by atoms with Gasteiger partial charge in [0.15, 0.2) is 0 Å². The lowest BCUT2D eigenvalue weighted by Gasteiger charge is -2.09. The Kier molecular flexibility index (Phi) is 2.96. The number of carboxylic acid groups (broad SMARTS) is 1. The van der Waals surface area contributed by atoms with Crippen molar-refractivity contribution in [3.05, 3.63) is 54.7 Å². The van der Waals surface area contributed by atoms with Gasteiger partial charge in [0.05, 0.1) is 34.8 Å². The minimum atomic E-state index is -0.983. The summed E-state index contributed by atoms with van der Waals surface area (Å²) >= 11 is 0. The smallest absolute Gasteiger partial charge is 0.335 e. The fourth-order valence-electron chi connectivity index (χ4n) is 1.93. The highest BCUT2D eigenvalue weighted by atomic mass is 16.4. The number of fused-ring (bicyclic) bond motifs is 1. The predicted molar refractivity (Wildman–Crippen MR) is 74.0 cm³/mol. The van der Waals surface area contributed by atoms with Gasteiger partial charge in [-0.2, -0.15) is 0 Å². The Balaban J connectivity index is 2.15. The first-order chi connectivity index (χ1) is 9.74. The van der Waals surface area contributed by atoms with Crippen LogP contribution >= 0.6 is 0 Å². The van der Waals surface area contributed by atoms with E-state index in [2.05, 4.69) is 20.3 Å². The molecule has 98 valence electrons. The summed E-state index contributed by atoms with van der Waals surface area (Å²) in [6.07, 6.45) is 6.30. The average molecular weight is 266 g/mol. The molecular formula is C14H10N4O2. The molecule has 0 fully saturated rings. The van der Waals surface area contributed by atoms with E-state index in [4.69, 9.17) is 5.11 Å². The monoisotopic (exact) mass is 266 g/mol. The summed E-state index contributed by atoms with van der Waals surface area (Å²) in [7, 11) is 0. The van der Waals surface area contributed by atoms with E-state index in [1.54, 1.807) is 36.8 Å². The number of rotatable bonds is 3. The number of anilines is 2. The molecule has 2 heterocycles. The van der Waals surface area contributed by atoms with E-state index in [1.165, 1.54) is 6.33 Å². The largest absolute Gasteiger partial charge is 0.478 e. The lowest BCUT2D eigenvalue weighted by Crippen LogP contribution is -2.00. The van der Waals surface area contributed by atoms with Gasteiger partial charge in [0, 0.05) is 11.6 Å². The van der Waals surface area contributed by atoms with Crippen LogP contribution in [0.3, 0.4) is 0 Å². The van der Waals surface area contributed by atoms with Crippen molar-refractivity contribution in [3.63, 3.8) is 0 Å². The normalized spacial score (nSPS) is 10.4. The van der Waals surface area contributed by atoms with Crippen molar-refractivity contribution in [2.45, 2.75) is 0 Å². The van der Waals surface area contributed by atoms with Crippen molar-refractivity contribution >= 4 is 28.2 Å². The zero-order chi connectivity index (χ0) is 13.9. The van der Waals surface area contributed by atoms with Crippen LogP contribution in [0.4, 0.5) is 11.4 Å². The molecule has 0 unspecified atom stereocenters. The van der Waals surface area contributed by atoms with Gasteiger partial charge in [0.25, 0.3) is 0 Å². The number of pyridine rings is 1. The highest BCUT2D eigenvalue weighted by Crippen LogP contribution is 2.26. The van der Waals surface area contributed by atoms with E-state index in [1.807, 2.05) is 6.07 Å². The second-order valence-electron chi connectivity index (χ2n) is 4.16. The van der Waals surface area contributed by atoms with E-state index in [0.717, 1.165) is 5.39 Å². The van der Waals surface area contributed by atoms with Gasteiger partial charge in [0.2, 0.25) is 0 Å². The Bertz CT molecular complexity index is 774. The van der Waals surface area contributed by atoms with Crippen LogP contribution < -0.4 is 5.32 Å². The fourth-order valence-corrected chi connectivity index (χ4v) is 1.93. The minimum Gasteiger partial charge on any atom is -0.478 e. The molecule has 2 N–H and O–H groups in total. The fraction of sp³-hybridized carbons (Fsp3) is 0. The maximum absolute atomic E-state index is 11.2. The van der Waals surface area contributed by atoms with Crippen LogP contribution in [0.15, 0.2) is 49.2 Å². The van der Waals surface area contributed by atoms with Crippen molar-refractivity contribution in [2.24, 2.45) is 0 Å². The highest BCUT2D eigenvalue weighted by molar-refractivity contribution is 6.00. The first-order valence-corrected chi connectivity index (χ1v) is 5.88.